The molecule has 6 heteroatoms. The number of carbonyl (C=O) groups excluding carboxylic acids is 1. The van der Waals surface area contributed by atoms with Gasteiger partial charge in [-0.3, -0.25) is 4.98 Å². The van der Waals surface area contributed by atoms with E-state index in [4.69, 9.17) is 11.6 Å². The molecule has 3 heterocycles. The summed E-state index contributed by atoms with van der Waals surface area (Å²) in [5.41, 5.74) is 1.83. The number of urea groups is 1. The van der Waals surface area contributed by atoms with Gasteiger partial charge in [0.2, 0.25) is 0 Å². The lowest BCUT2D eigenvalue weighted by Gasteiger charge is -2.30. The van der Waals surface area contributed by atoms with Crippen molar-refractivity contribution in [2.24, 2.45) is 0 Å². The second-order valence-electron chi connectivity index (χ2n) is 5.38. The molecule has 1 atom stereocenters. The lowest BCUT2D eigenvalue weighted by atomic mass is 10.0. The number of likely N-dealkylation sites (tertiary alicyclic amines) is 1. The summed E-state index contributed by atoms with van der Waals surface area (Å²) in [6.45, 7) is 0.764. The average molecular weight is 336 g/mol. The molecule has 0 spiro atoms. The summed E-state index contributed by atoms with van der Waals surface area (Å²) in [6.07, 6.45) is 7.87. The molecule has 0 aromatic carbocycles. The topological polar surface area (TPSA) is 45.2 Å². The first kappa shape index (κ1) is 15.3. The fourth-order valence-electron chi connectivity index (χ4n) is 2.85. The van der Waals surface area contributed by atoms with Gasteiger partial charge >= 0.3 is 6.03 Å². The highest BCUT2D eigenvalue weighted by atomic mass is 35.5. The van der Waals surface area contributed by atoms with Gasteiger partial charge in [0.1, 0.15) is 4.34 Å². The Balaban J connectivity index is 1.81. The zero-order valence-corrected chi connectivity index (χ0v) is 13.7. The maximum absolute atomic E-state index is 12.7. The standard InChI is InChI=1S/C16H18ClN3OS/c17-15-13(7-11-22-15)19-16(21)20-10-3-1-2-4-14(20)12-5-8-18-9-6-12/h5-9,11,14H,1-4,10H2,(H,19,21)/t14-/m0/s1. The van der Waals surface area contributed by atoms with Crippen molar-refractivity contribution in [3.63, 3.8) is 0 Å². The zero-order valence-electron chi connectivity index (χ0n) is 12.2. The second kappa shape index (κ2) is 7.11. The average Bonchev–Trinajstić information content (AvgIpc) is 2.80. The van der Waals surface area contributed by atoms with Crippen LogP contribution >= 0.6 is 22.9 Å². The van der Waals surface area contributed by atoms with Crippen molar-refractivity contribution in [2.75, 3.05) is 11.9 Å². The molecular formula is C16H18ClN3OS. The van der Waals surface area contributed by atoms with Gasteiger partial charge in [-0.25, -0.2) is 4.79 Å². The summed E-state index contributed by atoms with van der Waals surface area (Å²) in [6, 6.07) is 5.85. The number of thiophene rings is 1. The van der Waals surface area contributed by atoms with Crippen LogP contribution in [-0.4, -0.2) is 22.5 Å². The second-order valence-corrected chi connectivity index (χ2v) is 6.90. The summed E-state index contributed by atoms with van der Waals surface area (Å²) in [5, 5.41) is 4.81. The molecule has 2 aromatic heterocycles. The van der Waals surface area contributed by atoms with Crippen molar-refractivity contribution in [1.29, 1.82) is 0 Å². The normalized spacial score (nSPS) is 18.8. The van der Waals surface area contributed by atoms with Gasteiger partial charge in [0.05, 0.1) is 11.7 Å². The van der Waals surface area contributed by atoms with Crippen LogP contribution in [0.1, 0.15) is 37.3 Å². The van der Waals surface area contributed by atoms with E-state index in [-0.39, 0.29) is 12.1 Å². The van der Waals surface area contributed by atoms with E-state index in [2.05, 4.69) is 10.3 Å². The van der Waals surface area contributed by atoms with E-state index >= 15 is 0 Å². The van der Waals surface area contributed by atoms with Gasteiger partial charge in [-0.1, -0.05) is 24.4 Å². The number of hydrogen-bond donors (Lipinski definition) is 1. The van der Waals surface area contributed by atoms with Crippen LogP contribution in [0, 0.1) is 0 Å². The van der Waals surface area contributed by atoms with Crippen molar-refractivity contribution < 1.29 is 4.79 Å². The van der Waals surface area contributed by atoms with Crippen LogP contribution in [0.15, 0.2) is 36.0 Å². The van der Waals surface area contributed by atoms with Crippen molar-refractivity contribution in [3.8, 4) is 0 Å². The van der Waals surface area contributed by atoms with Gasteiger partial charge in [0.25, 0.3) is 0 Å². The van der Waals surface area contributed by atoms with Crippen molar-refractivity contribution in [3.05, 3.63) is 45.9 Å². The summed E-state index contributed by atoms with van der Waals surface area (Å²) in [4.78, 5) is 18.7. The number of aromatic nitrogens is 1. The molecule has 4 nitrogen and oxygen atoms in total. The minimum absolute atomic E-state index is 0.0796. The predicted molar refractivity (Wildman–Crippen MR) is 90.5 cm³/mol. The Bertz CT molecular complexity index is 631. The number of halogens is 1. The highest BCUT2D eigenvalue weighted by Crippen LogP contribution is 2.32. The van der Waals surface area contributed by atoms with E-state index < -0.39 is 0 Å². The molecule has 116 valence electrons. The van der Waals surface area contributed by atoms with Gasteiger partial charge < -0.3 is 10.2 Å². The Hall–Kier alpha value is -1.59. The Morgan fingerprint density at radius 1 is 1.27 bits per heavy atom. The molecule has 0 bridgehead atoms. The SMILES string of the molecule is O=C(Nc1ccsc1Cl)N1CCCCC[C@H]1c1ccncc1. The Morgan fingerprint density at radius 2 is 2.09 bits per heavy atom. The third-order valence-corrected chi connectivity index (χ3v) is 5.13. The number of nitrogens with one attached hydrogen (secondary N) is 1. The van der Waals surface area contributed by atoms with Gasteiger partial charge in [-0.2, -0.15) is 0 Å². The van der Waals surface area contributed by atoms with Crippen LogP contribution in [-0.2, 0) is 0 Å². The van der Waals surface area contributed by atoms with E-state index in [1.54, 1.807) is 12.4 Å². The first-order valence-corrected chi connectivity index (χ1v) is 8.72. The molecule has 1 aliphatic heterocycles. The smallest absolute Gasteiger partial charge is 0.317 e. The van der Waals surface area contributed by atoms with E-state index in [9.17, 15) is 4.79 Å². The van der Waals surface area contributed by atoms with Gasteiger partial charge in [-0.15, -0.1) is 11.3 Å². The largest absolute Gasteiger partial charge is 0.322 e. The van der Waals surface area contributed by atoms with E-state index in [0.29, 0.717) is 10.0 Å². The van der Waals surface area contributed by atoms with Gasteiger partial charge in [0, 0.05) is 18.9 Å². The molecule has 1 N–H and O–H groups in total. The molecule has 1 saturated heterocycles. The maximum Gasteiger partial charge on any atom is 0.322 e. The van der Waals surface area contributed by atoms with Crippen LogP contribution in [0.4, 0.5) is 10.5 Å². The van der Waals surface area contributed by atoms with E-state index in [0.717, 1.165) is 37.8 Å². The summed E-state index contributed by atoms with van der Waals surface area (Å²) in [5.74, 6) is 0. The Morgan fingerprint density at radius 3 is 2.82 bits per heavy atom. The highest BCUT2D eigenvalue weighted by Gasteiger charge is 2.27. The number of rotatable bonds is 2. The maximum atomic E-state index is 12.7. The van der Waals surface area contributed by atoms with E-state index in [1.165, 1.54) is 11.3 Å². The lowest BCUT2D eigenvalue weighted by Crippen LogP contribution is -2.38. The molecule has 1 aliphatic rings. The van der Waals surface area contributed by atoms with E-state index in [1.807, 2.05) is 28.5 Å². The number of anilines is 1. The third kappa shape index (κ3) is 3.42. The third-order valence-electron chi connectivity index (χ3n) is 3.96. The molecule has 0 saturated carbocycles. The minimum Gasteiger partial charge on any atom is -0.317 e. The monoisotopic (exact) mass is 335 g/mol. The minimum atomic E-state index is -0.0796. The fraction of sp³-hybridized carbons (Fsp3) is 0.375. The van der Waals surface area contributed by atoms with Crippen molar-refractivity contribution in [1.82, 2.24) is 9.88 Å². The molecule has 0 unspecified atom stereocenters. The zero-order chi connectivity index (χ0) is 15.4. The van der Waals surface area contributed by atoms with Gasteiger partial charge in [-0.05, 0) is 42.0 Å². The summed E-state index contributed by atoms with van der Waals surface area (Å²) >= 11 is 7.50. The Kier molecular flexibility index (Phi) is 4.95. The predicted octanol–water partition coefficient (Wildman–Crippen LogP) is 4.95. The molecule has 0 radical (unpaired) electrons. The number of amides is 2. The summed E-state index contributed by atoms with van der Waals surface area (Å²) < 4.78 is 0.614. The number of carbonyl (C=O) groups is 1. The van der Waals surface area contributed by atoms with Crippen molar-refractivity contribution >= 4 is 34.7 Å². The molecule has 2 amide bonds. The molecule has 3 rings (SSSR count). The fourth-order valence-corrected chi connectivity index (χ4v) is 3.69. The number of nitrogens with zero attached hydrogens (tertiary/aromatic N) is 2. The Labute approximate surface area is 139 Å². The van der Waals surface area contributed by atoms with Crippen molar-refractivity contribution in [2.45, 2.75) is 31.7 Å². The van der Waals surface area contributed by atoms with Crippen LogP contribution in [0.3, 0.4) is 0 Å². The summed E-state index contributed by atoms with van der Waals surface area (Å²) in [7, 11) is 0. The molecule has 2 aromatic rings. The van der Waals surface area contributed by atoms with Crippen LogP contribution in [0.5, 0.6) is 0 Å². The quantitative estimate of drug-likeness (QED) is 0.844. The molecule has 0 aliphatic carbocycles. The van der Waals surface area contributed by atoms with Gasteiger partial charge in [0.15, 0.2) is 0 Å². The number of pyridine rings is 1. The van der Waals surface area contributed by atoms with Crippen LogP contribution < -0.4 is 5.32 Å². The lowest BCUT2D eigenvalue weighted by molar-refractivity contribution is 0.189. The molecule has 1 fully saturated rings. The molecular weight excluding hydrogens is 318 g/mol. The van der Waals surface area contributed by atoms with Crippen LogP contribution in [0.25, 0.3) is 0 Å². The molecule has 22 heavy (non-hydrogen) atoms. The highest BCUT2D eigenvalue weighted by molar-refractivity contribution is 7.15. The van der Waals surface area contributed by atoms with Crippen LogP contribution in [0.2, 0.25) is 4.34 Å². The first-order valence-electron chi connectivity index (χ1n) is 7.46. The number of hydrogen-bond acceptors (Lipinski definition) is 3. The first-order chi connectivity index (χ1) is 10.8.